The second-order valence-electron chi connectivity index (χ2n) is 13.9. The Hall–Kier alpha value is -6.50. The third-order valence-electron chi connectivity index (χ3n) is 10.9. The Kier molecular flexibility index (Phi) is 5.76. The van der Waals surface area contributed by atoms with Crippen LogP contribution in [0.5, 0.6) is 0 Å². The molecule has 0 saturated carbocycles. The minimum atomic E-state index is 1.20. The summed E-state index contributed by atoms with van der Waals surface area (Å²) < 4.78 is 0. The Morgan fingerprint density at radius 2 is 0.160 bits per heavy atom. The van der Waals surface area contributed by atoms with E-state index in [9.17, 15) is 0 Å². The summed E-state index contributed by atoms with van der Waals surface area (Å²) in [7, 11) is 0. The van der Waals surface area contributed by atoms with Gasteiger partial charge < -0.3 is 0 Å². The lowest BCUT2D eigenvalue weighted by Gasteiger charge is -2.04. The molecule has 20 bridgehead atoms. The van der Waals surface area contributed by atoms with E-state index in [0.717, 1.165) is 0 Å². The molecular formula is C50H30. The Morgan fingerprint density at radius 3 is 0.220 bits per heavy atom. The summed E-state index contributed by atoms with van der Waals surface area (Å²) in [6.07, 6.45) is 0. The van der Waals surface area contributed by atoms with E-state index >= 15 is 0 Å². The number of hydrogen-bond acceptors (Lipinski definition) is 0. The average molecular weight is 631 g/mol. The van der Waals surface area contributed by atoms with E-state index in [1.165, 1.54) is 108 Å². The lowest BCUT2D eigenvalue weighted by molar-refractivity contribution is 1.80. The van der Waals surface area contributed by atoms with E-state index in [0.29, 0.717) is 0 Å². The molecule has 230 valence electrons. The Bertz CT molecular complexity index is 2370. The van der Waals surface area contributed by atoms with Crippen molar-refractivity contribution in [2.45, 2.75) is 0 Å². The lowest BCUT2D eigenvalue weighted by atomic mass is 10.0. The van der Waals surface area contributed by atoms with Crippen LogP contribution in [0.4, 0.5) is 0 Å². The maximum Gasteiger partial charge on any atom is -0.0177 e. The first kappa shape index (κ1) is 27.5. The lowest BCUT2D eigenvalue weighted by Crippen LogP contribution is -1.78. The Labute approximate surface area is 288 Å². The number of rotatable bonds is 0. The molecule has 0 aliphatic rings. The summed E-state index contributed by atoms with van der Waals surface area (Å²) in [5.41, 5.74) is 0. The van der Waals surface area contributed by atoms with E-state index in [2.05, 4.69) is 182 Å². The van der Waals surface area contributed by atoms with Crippen LogP contribution in [0.15, 0.2) is 182 Å². The second-order valence-corrected chi connectivity index (χ2v) is 13.9. The van der Waals surface area contributed by atoms with Crippen molar-refractivity contribution < 1.29 is 0 Å². The molecule has 0 heterocycles. The molecule has 25 rings (SSSR count). The molecule has 25 aromatic rings. The van der Waals surface area contributed by atoms with Gasteiger partial charge in [0, 0.05) is 0 Å². The van der Waals surface area contributed by atoms with Crippen LogP contribution < -0.4 is 0 Å². The predicted molar refractivity (Wildman–Crippen MR) is 219 cm³/mol. The highest BCUT2D eigenvalue weighted by molar-refractivity contribution is 6.06. The van der Waals surface area contributed by atoms with Gasteiger partial charge in [0.2, 0.25) is 0 Å². The van der Waals surface area contributed by atoms with Crippen LogP contribution >= 0.6 is 0 Å². The van der Waals surface area contributed by atoms with Crippen LogP contribution in [0.2, 0.25) is 0 Å². The van der Waals surface area contributed by atoms with Gasteiger partial charge in [0.15, 0.2) is 0 Å². The van der Waals surface area contributed by atoms with Crippen molar-refractivity contribution in [2.24, 2.45) is 0 Å². The molecule has 0 aromatic heterocycles. The molecule has 0 aliphatic heterocycles. The molecule has 0 radical (unpaired) electrons. The topological polar surface area (TPSA) is 0 Å². The van der Waals surface area contributed by atoms with Gasteiger partial charge in [0.1, 0.15) is 0 Å². The molecule has 0 atom stereocenters. The molecule has 0 spiro atoms. The minimum absolute atomic E-state index is 1.20. The first-order chi connectivity index (χ1) is 24.7. The van der Waals surface area contributed by atoms with Crippen LogP contribution in [0.25, 0.3) is 108 Å². The van der Waals surface area contributed by atoms with Crippen molar-refractivity contribution in [3.63, 3.8) is 0 Å². The maximum atomic E-state index is 2.35. The van der Waals surface area contributed by atoms with Crippen molar-refractivity contribution in [2.75, 3.05) is 0 Å². The van der Waals surface area contributed by atoms with Gasteiger partial charge in [-0.3, -0.25) is 0 Å². The Balaban J connectivity index is 1.55. The zero-order valence-electron chi connectivity index (χ0n) is 27.3. The fourth-order valence-corrected chi connectivity index (χ4v) is 8.02. The third-order valence-corrected chi connectivity index (χ3v) is 10.9. The first-order valence-electron chi connectivity index (χ1n) is 17.4. The Morgan fingerprint density at radius 1 is 0.100 bits per heavy atom. The van der Waals surface area contributed by atoms with E-state index in [1.807, 2.05) is 0 Å². The monoisotopic (exact) mass is 630 g/mol. The van der Waals surface area contributed by atoms with Gasteiger partial charge in [-0.15, -0.1) is 0 Å². The average Bonchev–Trinajstić information content (AvgIpc) is 3.10. The smallest absolute Gasteiger partial charge is 0.0177 e. The van der Waals surface area contributed by atoms with Crippen LogP contribution in [-0.4, -0.2) is 0 Å². The molecule has 0 nitrogen and oxygen atoms in total. The third kappa shape index (κ3) is 4.46. The van der Waals surface area contributed by atoms with Gasteiger partial charge >= 0.3 is 0 Å². The van der Waals surface area contributed by atoms with Gasteiger partial charge in [-0.2, -0.15) is 0 Å². The molecular weight excluding hydrogens is 601 g/mol. The standard InChI is InChI=1S/C50H30/c1-2-32-22-36-9-11-43-28-45-16-18-49-29-47-14-13-42-26-40-7-5-34-21-31(1)33-3-4-38(42)25-44(40)15-17-48(49)30-50(47)20-19-46(43)27-41(45)8-6-35(32)24-39(36)12-10-37(34)23-33/h1-30H. The van der Waals surface area contributed by atoms with Crippen LogP contribution in [0.1, 0.15) is 0 Å². The molecule has 0 saturated heterocycles. The quantitative estimate of drug-likeness (QED) is 0.156. The molecule has 25 aromatic carbocycles. The van der Waals surface area contributed by atoms with Crippen LogP contribution in [0, 0.1) is 0 Å². The summed E-state index contributed by atoms with van der Waals surface area (Å²) in [6, 6.07) is 69.4. The first-order valence-corrected chi connectivity index (χ1v) is 17.4. The minimum Gasteiger partial charge on any atom is -0.0537 e. The second kappa shape index (κ2) is 10.5. The maximum absolute atomic E-state index is 2.35. The zero-order valence-corrected chi connectivity index (χ0v) is 27.3. The number of benzene rings is 5. The SMILES string of the molecule is c1cc2cc3ccc4cc5ccc6cc7ccc8cc9ccc%10cc1c1ccc8cc9ccc6cc7ccc4cc5ccc2cc3ccc%10c1. The number of hydrogen-bond donors (Lipinski definition) is 0. The van der Waals surface area contributed by atoms with Crippen LogP contribution in [0.3, 0.4) is 0 Å². The molecule has 50 heavy (non-hydrogen) atoms. The van der Waals surface area contributed by atoms with E-state index < -0.39 is 0 Å². The van der Waals surface area contributed by atoms with Crippen molar-refractivity contribution in [1.29, 1.82) is 0 Å². The van der Waals surface area contributed by atoms with E-state index in [1.54, 1.807) is 0 Å². The van der Waals surface area contributed by atoms with Gasteiger partial charge in [0.05, 0.1) is 0 Å². The van der Waals surface area contributed by atoms with Crippen molar-refractivity contribution in [3.8, 4) is 0 Å². The highest BCUT2D eigenvalue weighted by Gasteiger charge is 2.04. The van der Waals surface area contributed by atoms with Crippen molar-refractivity contribution in [3.05, 3.63) is 182 Å². The summed E-state index contributed by atoms with van der Waals surface area (Å²) in [4.78, 5) is 0. The van der Waals surface area contributed by atoms with Gasteiger partial charge in [-0.25, -0.2) is 0 Å². The summed E-state index contributed by atoms with van der Waals surface area (Å²) in [5.74, 6) is 0. The predicted octanol–water partition coefficient (Wildman–Crippen LogP) is 14.3. The molecule has 0 fully saturated rings. The zero-order chi connectivity index (χ0) is 32.8. The normalized spacial score (nSPS) is 12.0. The van der Waals surface area contributed by atoms with Gasteiger partial charge in [-0.1, -0.05) is 121 Å². The molecule has 0 unspecified atom stereocenters. The largest absolute Gasteiger partial charge is 0.0537 e. The fraction of sp³-hybridized carbons (Fsp3) is 0. The highest BCUT2D eigenvalue weighted by atomic mass is 14.1. The molecule has 0 aliphatic carbocycles. The van der Waals surface area contributed by atoms with E-state index in [-0.39, 0.29) is 0 Å². The molecule has 0 N–H and O–H groups in total. The fourth-order valence-electron chi connectivity index (χ4n) is 8.02. The van der Waals surface area contributed by atoms with Crippen molar-refractivity contribution in [1.82, 2.24) is 0 Å². The van der Waals surface area contributed by atoms with Crippen molar-refractivity contribution >= 4 is 108 Å². The summed E-state index contributed by atoms with van der Waals surface area (Å²) >= 11 is 0. The summed E-state index contributed by atoms with van der Waals surface area (Å²) in [5, 5.41) is 24.0. The highest BCUT2D eigenvalue weighted by Crippen LogP contribution is 2.31. The van der Waals surface area contributed by atoms with Gasteiger partial charge in [0.25, 0.3) is 0 Å². The summed E-state index contributed by atoms with van der Waals surface area (Å²) in [6.45, 7) is 0. The van der Waals surface area contributed by atoms with E-state index in [4.69, 9.17) is 0 Å². The van der Waals surface area contributed by atoms with Gasteiger partial charge in [-0.05, 0) is 168 Å². The molecule has 0 amide bonds. The molecule has 0 heteroatoms. The van der Waals surface area contributed by atoms with Crippen LogP contribution in [-0.2, 0) is 0 Å².